The van der Waals surface area contributed by atoms with Crippen LogP contribution in [0.25, 0.3) is 0 Å². The standard InChI is InChI=1S/C12H21NO4/c1-10-8-17-7-4-13(10)9-12(11(14)15)2-5-16-6-3-12/h10H,2-9H2,1H3,(H,14,15). The maximum absolute atomic E-state index is 11.5. The molecule has 5 nitrogen and oxygen atoms in total. The first-order chi connectivity index (χ1) is 8.14. The Morgan fingerprint density at radius 2 is 2.06 bits per heavy atom. The molecule has 0 saturated carbocycles. The first-order valence-electron chi connectivity index (χ1n) is 6.27. The molecule has 2 saturated heterocycles. The molecule has 2 aliphatic rings. The minimum atomic E-state index is -0.681. The fraction of sp³-hybridized carbons (Fsp3) is 0.917. The molecule has 98 valence electrons. The van der Waals surface area contributed by atoms with Crippen molar-refractivity contribution in [3.8, 4) is 0 Å². The van der Waals surface area contributed by atoms with Crippen molar-refractivity contribution in [3.05, 3.63) is 0 Å². The zero-order valence-corrected chi connectivity index (χ0v) is 10.4. The summed E-state index contributed by atoms with van der Waals surface area (Å²) in [5, 5.41) is 9.49. The fourth-order valence-corrected chi connectivity index (χ4v) is 2.59. The van der Waals surface area contributed by atoms with E-state index < -0.39 is 11.4 Å². The molecule has 1 atom stereocenters. The molecular weight excluding hydrogens is 222 g/mol. The van der Waals surface area contributed by atoms with Gasteiger partial charge in [0.25, 0.3) is 0 Å². The number of ether oxygens (including phenoxy) is 2. The van der Waals surface area contributed by atoms with E-state index in [0.717, 1.165) is 6.54 Å². The van der Waals surface area contributed by atoms with Crippen molar-refractivity contribution in [2.75, 3.05) is 39.5 Å². The highest BCUT2D eigenvalue weighted by Crippen LogP contribution is 2.32. The van der Waals surface area contributed by atoms with Gasteiger partial charge in [0.15, 0.2) is 0 Å². The molecular formula is C12H21NO4. The summed E-state index contributed by atoms with van der Waals surface area (Å²) in [6.45, 7) is 6.07. The second-order valence-corrected chi connectivity index (χ2v) is 5.09. The van der Waals surface area contributed by atoms with Crippen LogP contribution in [0.15, 0.2) is 0 Å². The smallest absolute Gasteiger partial charge is 0.311 e. The average molecular weight is 243 g/mol. The van der Waals surface area contributed by atoms with Crippen molar-refractivity contribution in [2.45, 2.75) is 25.8 Å². The van der Waals surface area contributed by atoms with Crippen LogP contribution >= 0.6 is 0 Å². The number of carboxylic acids is 1. The molecule has 2 fully saturated rings. The third-order valence-corrected chi connectivity index (χ3v) is 3.91. The van der Waals surface area contributed by atoms with Gasteiger partial charge < -0.3 is 14.6 Å². The lowest BCUT2D eigenvalue weighted by molar-refractivity contribution is -0.158. The highest BCUT2D eigenvalue weighted by molar-refractivity contribution is 5.75. The van der Waals surface area contributed by atoms with E-state index in [2.05, 4.69) is 11.8 Å². The van der Waals surface area contributed by atoms with E-state index in [1.165, 1.54) is 0 Å². The van der Waals surface area contributed by atoms with Crippen LogP contribution in [0.3, 0.4) is 0 Å². The molecule has 0 aliphatic carbocycles. The highest BCUT2D eigenvalue weighted by Gasteiger charge is 2.42. The van der Waals surface area contributed by atoms with Gasteiger partial charge in [0.05, 0.1) is 18.6 Å². The van der Waals surface area contributed by atoms with Crippen LogP contribution in [-0.4, -0.2) is 61.5 Å². The molecule has 17 heavy (non-hydrogen) atoms. The predicted octanol–water partition coefficient (Wildman–Crippen LogP) is 0.589. The van der Waals surface area contributed by atoms with Crippen LogP contribution in [0.4, 0.5) is 0 Å². The van der Waals surface area contributed by atoms with E-state index in [4.69, 9.17) is 9.47 Å². The predicted molar refractivity (Wildman–Crippen MR) is 62.0 cm³/mol. The Balaban J connectivity index is 2.03. The van der Waals surface area contributed by atoms with Gasteiger partial charge in [-0.05, 0) is 19.8 Å². The number of hydrogen-bond acceptors (Lipinski definition) is 4. The van der Waals surface area contributed by atoms with Gasteiger partial charge in [-0.1, -0.05) is 0 Å². The van der Waals surface area contributed by atoms with Crippen molar-refractivity contribution < 1.29 is 19.4 Å². The van der Waals surface area contributed by atoms with Gasteiger partial charge in [-0.2, -0.15) is 0 Å². The Kier molecular flexibility index (Phi) is 4.01. The van der Waals surface area contributed by atoms with Crippen LogP contribution in [0.1, 0.15) is 19.8 Å². The van der Waals surface area contributed by atoms with E-state index in [0.29, 0.717) is 51.9 Å². The molecule has 1 N–H and O–H groups in total. The molecule has 0 bridgehead atoms. The number of rotatable bonds is 3. The average Bonchev–Trinajstić information content (AvgIpc) is 2.33. The number of nitrogens with zero attached hydrogens (tertiary/aromatic N) is 1. The molecule has 0 aromatic carbocycles. The summed E-state index contributed by atoms with van der Waals surface area (Å²) in [4.78, 5) is 13.8. The zero-order chi connectivity index (χ0) is 12.3. The molecule has 5 heteroatoms. The normalized spacial score (nSPS) is 30.1. The van der Waals surface area contributed by atoms with E-state index in [9.17, 15) is 9.90 Å². The number of aliphatic carboxylic acids is 1. The van der Waals surface area contributed by atoms with Crippen LogP contribution in [0, 0.1) is 5.41 Å². The summed E-state index contributed by atoms with van der Waals surface area (Å²) in [6.07, 6.45) is 1.23. The fourth-order valence-electron chi connectivity index (χ4n) is 2.59. The van der Waals surface area contributed by atoms with Gasteiger partial charge in [-0.3, -0.25) is 9.69 Å². The number of carboxylic acid groups (broad SMARTS) is 1. The number of hydrogen-bond donors (Lipinski definition) is 1. The summed E-state index contributed by atoms with van der Waals surface area (Å²) in [7, 11) is 0. The Hall–Kier alpha value is -0.650. The van der Waals surface area contributed by atoms with Crippen molar-refractivity contribution in [1.29, 1.82) is 0 Å². The van der Waals surface area contributed by atoms with E-state index in [1.54, 1.807) is 0 Å². The van der Waals surface area contributed by atoms with E-state index in [1.807, 2.05) is 0 Å². The molecule has 0 aromatic rings. The van der Waals surface area contributed by atoms with E-state index in [-0.39, 0.29) is 0 Å². The molecule has 0 aromatic heterocycles. The van der Waals surface area contributed by atoms with Gasteiger partial charge in [-0.15, -0.1) is 0 Å². The van der Waals surface area contributed by atoms with Gasteiger partial charge in [0, 0.05) is 32.3 Å². The number of morpholine rings is 1. The van der Waals surface area contributed by atoms with Crippen LogP contribution < -0.4 is 0 Å². The zero-order valence-electron chi connectivity index (χ0n) is 10.4. The van der Waals surface area contributed by atoms with Gasteiger partial charge in [-0.25, -0.2) is 0 Å². The van der Waals surface area contributed by atoms with Crippen molar-refractivity contribution in [2.24, 2.45) is 5.41 Å². The monoisotopic (exact) mass is 243 g/mol. The molecule has 0 radical (unpaired) electrons. The maximum Gasteiger partial charge on any atom is 0.311 e. The van der Waals surface area contributed by atoms with Crippen molar-refractivity contribution in [1.82, 2.24) is 4.90 Å². The summed E-state index contributed by atoms with van der Waals surface area (Å²) in [6, 6.07) is 0.308. The van der Waals surface area contributed by atoms with E-state index >= 15 is 0 Å². The Morgan fingerprint density at radius 3 is 2.65 bits per heavy atom. The SMILES string of the molecule is CC1COCCN1CC1(C(=O)O)CCOCC1. The van der Waals surface area contributed by atoms with Crippen LogP contribution in [0.5, 0.6) is 0 Å². The molecule has 2 rings (SSSR count). The summed E-state index contributed by atoms with van der Waals surface area (Å²) >= 11 is 0. The molecule has 1 unspecified atom stereocenters. The summed E-state index contributed by atoms with van der Waals surface area (Å²) in [5.74, 6) is -0.681. The quantitative estimate of drug-likeness (QED) is 0.786. The lowest BCUT2D eigenvalue weighted by Crippen LogP contribution is -2.52. The molecule has 2 aliphatic heterocycles. The second-order valence-electron chi connectivity index (χ2n) is 5.09. The number of carbonyl (C=O) groups is 1. The summed E-state index contributed by atoms with van der Waals surface area (Å²) < 4.78 is 10.7. The topological polar surface area (TPSA) is 59.0 Å². The largest absolute Gasteiger partial charge is 0.481 e. The van der Waals surface area contributed by atoms with Crippen molar-refractivity contribution in [3.63, 3.8) is 0 Å². The third kappa shape index (κ3) is 2.78. The maximum atomic E-state index is 11.5. The van der Waals surface area contributed by atoms with Crippen LogP contribution in [-0.2, 0) is 14.3 Å². The minimum absolute atomic E-state index is 0.308. The molecule has 0 amide bonds. The van der Waals surface area contributed by atoms with Crippen LogP contribution in [0.2, 0.25) is 0 Å². The highest BCUT2D eigenvalue weighted by atomic mass is 16.5. The van der Waals surface area contributed by atoms with Gasteiger partial charge >= 0.3 is 5.97 Å². The first kappa shape index (κ1) is 12.8. The Bertz CT molecular complexity index is 276. The summed E-state index contributed by atoms with van der Waals surface area (Å²) in [5.41, 5.74) is -0.621. The lowest BCUT2D eigenvalue weighted by Gasteiger charge is -2.41. The van der Waals surface area contributed by atoms with Gasteiger partial charge in [0.2, 0.25) is 0 Å². The molecule has 0 spiro atoms. The Morgan fingerprint density at radius 1 is 1.35 bits per heavy atom. The second kappa shape index (κ2) is 5.33. The minimum Gasteiger partial charge on any atom is -0.481 e. The third-order valence-electron chi connectivity index (χ3n) is 3.91. The Labute approximate surface area is 102 Å². The molecule has 2 heterocycles. The first-order valence-corrected chi connectivity index (χ1v) is 6.27. The van der Waals surface area contributed by atoms with Gasteiger partial charge in [0.1, 0.15) is 0 Å². The lowest BCUT2D eigenvalue weighted by atomic mass is 9.79. The van der Waals surface area contributed by atoms with Crippen molar-refractivity contribution >= 4 is 5.97 Å².